The summed E-state index contributed by atoms with van der Waals surface area (Å²) in [5.74, 6) is 0.731. The molecule has 0 saturated heterocycles. The molecule has 0 unspecified atom stereocenters. The van der Waals surface area contributed by atoms with E-state index in [0.717, 1.165) is 16.1 Å². The first kappa shape index (κ1) is 21.2. The maximum atomic E-state index is 14.4. The maximum Gasteiger partial charge on any atom is 0.266 e. The van der Waals surface area contributed by atoms with Crippen LogP contribution >= 0.6 is 11.3 Å². The number of hydrogen-bond acceptors (Lipinski definition) is 4. The molecule has 4 rings (SSSR count). The lowest BCUT2D eigenvalue weighted by Gasteiger charge is -2.12. The summed E-state index contributed by atoms with van der Waals surface area (Å²) >= 11 is 1.27. The van der Waals surface area contributed by atoms with Crippen LogP contribution in [0.4, 0.5) is 10.1 Å². The van der Waals surface area contributed by atoms with Crippen LogP contribution in [-0.2, 0) is 17.9 Å². The third kappa shape index (κ3) is 4.38. The molecule has 2 heterocycles. The van der Waals surface area contributed by atoms with E-state index in [0.29, 0.717) is 34.0 Å². The summed E-state index contributed by atoms with van der Waals surface area (Å²) in [7, 11) is 1.54. The Balaban J connectivity index is 1.60. The highest BCUT2D eigenvalue weighted by Crippen LogP contribution is 2.34. The molecule has 0 bridgehead atoms. The zero-order valence-corrected chi connectivity index (χ0v) is 18.5. The standard InChI is InChI=1S/C24H24FN3O2S/c1-15(2)23-26-10-11-28(23)13-16-6-4-7-17(12-16)27-24(29)22-18(14-30-3)21-19(25)8-5-9-20(21)31-22/h4-12,15H,13-14H2,1-3H3,(H,27,29). The number of carbonyl (C=O) groups is 1. The highest BCUT2D eigenvalue weighted by Gasteiger charge is 2.21. The molecule has 0 radical (unpaired) electrons. The van der Waals surface area contributed by atoms with Gasteiger partial charge in [0.25, 0.3) is 5.91 Å². The van der Waals surface area contributed by atoms with Gasteiger partial charge in [-0.05, 0) is 29.8 Å². The molecular formula is C24H24FN3O2S. The van der Waals surface area contributed by atoms with Crippen molar-refractivity contribution in [1.82, 2.24) is 9.55 Å². The Hall–Kier alpha value is -3.03. The van der Waals surface area contributed by atoms with Crippen LogP contribution in [0.15, 0.2) is 54.9 Å². The van der Waals surface area contributed by atoms with Gasteiger partial charge in [-0.1, -0.05) is 32.0 Å². The summed E-state index contributed by atoms with van der Waals surface area (Å²) in [6.45, 7) is 5.06. The molecule has 7 heteroatoms. The van der Waals surface area contributed by atoms with Gasteiger partial charge >= 0.3 is 0 Å². The summed E-state index contributed by atoms with van der Waals surface area (Å²) in [4.78, 5) is 18.0. The molecule has 2 aromatic heterocycles. The summed E-state index contributed by atoms with van der Waals surface area (Å²) in [6.07, 6.45) is 3.77. The SMILES string of the molecule is COCc1c(C(=O)Nc2cccc(Cn3ccnc3C(C)C)c2)sc2cccc(F)c12. The van der Waals surface area contributed by atoms with E-state index in [9.17, 15) is 9.18 Å². The molecule has 0 saturated carbocycles. The van der Waals surface area contributed by atoms with Crippen molar-refractivity contribution in [3.8, 4) is 0 Å². The Kier molecular flexibility index (Phi) is 6.15. The number of halogens is 1. The molecule has 5 nitrogen and oxygen atoms in total. The molecular weight excluding hydrogens is 413 g/mol. The molecule has 0 fully saturated rings. The van der Waals surface area contributed by atoms with E-state index < -0.39 is 0 Å². The van der Waals surface area contributed by atoms with Crippen LogP contribution < -0.4 is 5.32 Å². The first-order chi connectivity index (χ1) is 15.0. The third-order valence-electron chi connectivity index (χ3n) is 5.06. The first-order valence-corrected chi connectivity index (χ1v) is 10.9. The number of aromatic nitrogens is 2. The number of benzene rings is 2. The second kappa shape index (κ2) is 8.99. The molecule has 1 amide bonds. The highest BCUT2D eigenvalue weighted by atomic mass is 32.1. The van der Waals surface area contributed by atoms with Gasteiger partial charge in [-0.25, -0.2) is 9.37 Å². The van der Waals surface area contributed by atoms with Crippen LogP contribution in [0.5, 0.6) is 0 Å². The molecule has 0 aliphatic heterocycles. The van der Waals surface area contributed by atoms with Gasteiger partial charge in [0.1, 0.15) is 11.6 Å². The first-order valence-electron chi connectivity index (χ1n) is 10.1. The molecule has 2 aromatic carbocycles. The summed E-state index contributed by atoms with van der Waals surface area (Å²) < 4.78 is 22.5. The zero-order chi connectivity index (χ0) is 22.0. The number of fused-ring (bicyclic) bond motifs is 1. The Labute approximate surface area is 184 Å². The van der Waals surface area contributed by atoms with E-state index in [4.69, 9.17) is 4.74 Å². The number of carbonyl (C=O) groups excluding carboxylic acids is 1. The predicted molar refractivity (Wildman–Crippen MR) is 122 cm³/mol. The lowest BCUT2D eigenvalue weighted by Crippen LogP contribution is -2.13. The second-order valence-corrected chi connectivity index (χ2v) is 8.73. The molecule has 0 aliphatic carbocycles. The van der Waals surface area contributed by atoms with Gasteiger partial charge in [0.2, 0.25) is 0 Å². The lowest BCUT2D eigenvalue weighted by molar-refractivity contribution is 0.102. The zero-order valence-electron chi connectivity index (χ0n) is 17.7. The number of amides is 1. The van der Waals surface area contributed by atoms with Gasteiger partial charge in [0.05, 0.1) is 11.5 Å². The van der Waals surface area contributed by atoms with E-state index in [-0.39, 0.29) is 18.3 Å². The molecule has 4 aromatic rings. The van der Waals surface area contributed by atoms with Crippen LogP contribution in [0, 0.1) is 5.82 Å². The quantitative estimate of drug-likeness (QED) is 0.397. The van der Waals surface area contributed by atoms with Crippen molar-refractivity contribution in [2.24, 2.45) is 0 Å². The number of hydrogen-bond donors (Lipinski definition) is 1. The number of imidazole rings is 1. The van der Waals surface area contributed by atoms with E-state index in [1.807, 2.05) is 36.5 Å². The number of rotatable bonds is 7. The smallest absolute Gasteiger partial charge is 0.266 e. The number of methoxy groups -OCH3 is 1. The lowest BCUT2D eigenvalue weighted by atomic mass is 10.1. The van der Waals surface area contributed by atoms with Crippen molar-refractivity contribution in [1.29, 1.82) is 0 Å². The highest BCUT2D eigenvalue weighted by molar-refractivity contribution is 7.21. The van der Waals surface area contributed by atoms with E-state index in [2.05, 4.69) is 28.7 Å². The molecule has 0 aliphatic rings. The number of ether oxygens (including phenoxy) is 1. The van der Waals surface area contributed by atoms with Gasteiger partial charge in [-0.3, -0.25) is 4.79 Å². The topological polar surface area (TPSA) is 56.1 Å². The molecule has 0 atom stereocenters. The van der Waals surface area contributed by atoms with E-state index in [1.165, 1.54) is 24.5 Å². The van der Waals surface area contributed by atoms with Crippen LogP contribution in [0.3, 0.4) is 0 Å². The van der Waals surface area contributed by atoms with Crippen LogP contribution in [-0.4, -0.2) is 22.6 Å². The average Bonchev–Trinajstić information content (AvgIpc) is 3.34. The second-order valence-electron chi connectivity index (χ2n) is 7.68. The van der Waals surface area contributed by atoms with Crippen LogP contribution in [0.1, 0.15) is 46.4 Å². The largest absolute Gasteiger partial charge is 0.380 e. The minimum Gasteiger partial charge on any atom is -0.380 e. The minimum absolute atomic E-state index is 0.169. The Bertz CT molecular complexity index is 1230. The summed E-state index contributed by atoms with van der Waals surface area (Å²) in [5.41, 5.74) is 2.32. The fraction of sp³-hybridized carbons (Fsp3) is 0.250. The van der Waals surface area contributed by atoms with E-state index in [1.54, 1.807) is 12.3 Å². The third-order valence-corrected chi connectivity index (χ3v) is 6.26. The Morgan fingerprint density at radius 2 is 2.06 bits per heavy atom. The number of anilines is 1. The van der Waals surface area contributed by atoms with Gasteiger partial charge < -0.3 is 14.6 Å². The fourth-order valence-electron chi connectivity index (χ4n) is 3.72. The molecule has 160 valence electrons. The number of nitrogens with one attached hydrogen (secondary N) is 1. The Morgan fingerprint density at radius 1 is 1.26 bits per heavy atom. The van der Waals surface area contributed by atoms with Gasteiger partial charge in [-0.15, -0.1) is 11.3 Å². The number of thiophene rings is 1. The Morgan fingerprint density at radius 3 is 2.84 bits per heavy atom. The van der Waals surface area contributed by atoms with E-state index >= 15 is 0 Å². The van der Waals surface area contributed by atoms with Crippen molar-refractivity contribution in [2.45, 2.75) is 32.9 Å². The van der Waals surface area contributed by atoms with Crippen molar-refractivity contribution in [3.05, 3.63) is 82.5 Å². The van der Waals surface area contributed by atoms with Gasteiger partial charge in [0, 0.05) is 53.3 Å². The molecule has 31 heavy (non-hydrogen) atoms. The van der Waals surface area contributed by atoms with Crippen molar-refractivity contribution in [2.75, 3.05) is 12.4 Å². The monoisotopic (exact) mass is 437 g/mol. The fourth-order valence-corrected chi connectivity index (χ4v) is 4.84. The minimum atomic E-state index is -0.344. The van der Waals surface area contributed by atoms with Crippen LogP contribution in [0.2, 0.25) is 0 Å². The van der Waals surface area contributed by atoms with Gasteiger partial charge in [0.15, 0.2) is 0 Å². The number of nitrogens with zero attached hydrogens (tertiary/aromatic N) is 2. The van der Waals surface area contributed by atoms with Crippen molar-refractivity contribution >= 4 is 33.0 Å². The normalized spacial score (nSPS) is 11.4. The predicted octanol–water partition coefficient (Wildman–Crippen LogP) is 5.81. The molecule has 1 N–H and O–H groups in total. The van der Waals surface area contributed by atoms with Crippen molar-refractivity contribution < 1.29 is 13.9 Å². The maximum absolute atomic E-state index is 14.4. The molecule has 0 spiro atoms. The van der Waals surface area contributed by atoms with Gasteiger partial charge in [-0.2, -0.15) is 0 Å². The van der Waals surface area contributed by atoms with Crippen LogP contribution in [0.25, 0.3) is 10.1 Å². The van der Waals surface area contributed by atoms with Crippen molar-refractivity contribution in [3.63, 3.8) is 0 Å². The summed E-state index contributed by atoms with van der Waals surface area (Å²) in [6, 6.07) is 12.6. The average molecular weight is 438 g/mol. The summed E-state index contributed by atoms with van der Waals surface area (Å²) in [5, 5.41) is 3.42.